The van der Waals surface area contributed by atoms with Crippen LogP contribution in [0.1, 0.15) is 23.2 Å². The molecule has 134 valence electrons. The summed E-state index contributed by atoms with van der Waals surface area (Å²) in [7, 11) is 0. The molecule has 2 heterocycles. The molecule has 1 N–H and O–H groups in total. The molecule has 0 saturated carbocycles. The Labute approximate surface area is 151 Å². The van der Waals surface area contributed by atoms with Crippen LogP contribution in [0.2, 0.25) is 0 Å². The molecule has 2 aliphatic rings. The summed E-state index contributed by atoms with van der Waals surface area (Å²) in [6.45, 7) is 1.33. The minimum Gasteiger partial charge on any atom is -0.491 e. The van der Waals surface area contributed by atoms with Crippen molar-refractivity contribution < 1.29 is 19.1 Å². The Hall–Kier alpha value is -2.86. The number of para-hydroxylation sites is 2. The minimum atomic E-state index is -0.210. The van der Waals surface area contributed by atoms with Gasteiger partial charge in [-0.25, -0.2) is 0 Å². The maximum absolute atomic E-state index is 12.9. The van der Waals surface area contributed by atoms with Crippen molar-refractivity contribution in [2.45, 2.75) is 18.9 Å². The molecule has 2 aliphatic heterocycles. The van der Waals surface area contributed by atoms with Crippen molar-refractivity contribution in [3.8, 4) is 5.75 Å². The molecular formula is C20H20N2O4. The van der Waals surface area contributed by atoms with E-state index in [1.165, 1.54) is 4.90 Å². The van der Waals surface area contributed by atoms with E-state index >= 15 is 0 Å². The summed E-state index contributed by atoms with van der Waals surface area (Å²) >= 11 is 0. The average molecular weight is 352 g/mol. The van der Waals surface area contributed by atoms with Crippen LogP contribution in [0.15, 0.2) is 48.5 Å². The molecule has 0 spiro atoms. The molecule has 26 heavy (non-hydrogen) atoms. The van der Waals surface area contributed by atoms with Crippen molar-refractivity contribution in [3.63, 3.8) is 0 Å². The summed E-state index contributed by atoms with van der Waals surface area (Å²) < 4.78 is 11.3. The highest BCUT2D eigenvalue weighted by Gasteiger charge is 2.27. The van der Waals surface area contributed by atoms with Crippen LogP contribution >= 0.6 is 0 Å². The Bertz CT molecular complexity index is 813. The third-order valence-corrected chi connectivity index (χ3v) is 4.58. The predicted molar refractivity (Wildman–Crippen MR) is 97.7 cm³/mol. The number of benzene rings is 2. The van der Waals surface area contributed by atoms with Gasteiger partial charge in [-0.1, -0.05) is 12.1 Å². The Morgan fingerprint density at radius 3 is 2.77 bits per heavy atom. The lowest BCUT2D eigenvalue weighted by Crippen LogP contribution is -2.42. The van der Waals surface area contributed by atoms with Gasteiger partial charge in [-0.15, -0.1) is 0 Å². The second-order valence-electron chi connectivity index (χ2n) is 6.43. The number of anilines is 2. The van der Waals surface area contributed by atoms with Gasteiger partial charge >= 0.3 is 0 Å². The first-order valence-corrected chi connectivity index (χ1v) is 8.76. The van der Waals surface area contributed by atoms with Crippen molar-refractivity contribution in [3.05, 3.63) is 54.1 Å². The second-order valence-corrected chi connectivity index (χ2v) is 6.43. The molecule has 1 saturated heterocycles. The molecule has 2 aromatic rings. The van der Waals surface area contributed by atoms with Crippen molar-refractivity contribution in [2.24, 2.45) is 0 Å². The molecule has 1 atom stereocenters. The number of nitrogens with zero attached hydrogens (tertiary/aromatic N) is 1. The van der Waals surface area contributed by atoms with E-state index in [4.69, 9.17) is 9.47 Å². The normalized spacial score (nSPS) is 19.0. The Morgan fingerprint density at radius 1 is 1.19 bits per heavy atom. The fraction of sp³-hybridized carbons (Fsp3) is 0.300. The molecule has 0 aliphatic carbocycles. The first-order valence-electron chi connectivity index (χ1n) is 8.76. The minimum absolute atomic E-state index is 0.00706. The molecule has 2 aromatic carbocycles. The van der Waals surface area contributed by atoms with Crippen molar-refractivity contribution in [1.82, 2.24) is 0 Å². The number of hydrogen-bond donors (Lipinski definition) is 1. The van der Waals surface area contributed by atoms with Crippen LogP contribution in [-0.2, 0) is 9.53 Å². The highest BCUT2D eigenvalue weighted by atomic mass is 16.5. The summed E-state index contributed by atoms with van der Waals surface area (Å²) in [4.78, 5) is 26.3. The number of ether oxygens (including phenoxy) is 2. The zero-order valence-corrected chi connectivity index (χ0v) is 14.3. The summed E-state index contributed by atoms with van der Waals surface area (Å²) in [5.41, 5.74) is 1.86. The van der Waals surface area contributed by atoms with Crippen molar-refractivity contribution in [2.75, 3.05) is 30.0 Å². The van der Waals surface area contributed by atoms with Gasteiger partial charge in [0.25, 0.3) is 5.91 Å². The quantitative estimate of drug-likeness (QED) is 0.919. The summed E-state index contributed by atoms with van der Waals surface area (Å²) in [6.07, 6.45) is 2.25. The maximum atomic E-state index is 12.9. The van der Waals surface area contributed by atoms with Gasteiger partial charge in [-0.3, -0.25) is 14.5 Å². The van der Waals surface area contributed by atoms with Gasteiger partial charge in [0.1, 0.15) is 18.9 Å². The van der Waals surface area contributed by atoms with E-state index in [0.717, 1.165) is 19.4 Å². The molecule has 1 unspecified atom stereocenters. The Balaban J connectivity index is 1.47. The number of hydrogen-bond acceptors (Lipinski definition) is 4. The van der Waals surface area contributed by atoms with Crippen LogP contribution in [-0.4, -0.2) is 37.7 Å². The van der Waals surface area contributed by atoms with Crippen LogP contribution in [0, 0.1) is 0 Å². The number of amides is 2. The topological polar surface area (TPSA) is 67.9 Å². The summed E-state index contributed by atoms with van der Waals surface area (Å²) in [6, 6.07) is 14.3. The maximum Gasteiger partial charge on any atom is 0.258 e. The van der Waals surface area contributed by atoms with Gasteiger partial charge in [0.15, 0.2) is 0 Å². The van der Waals surface area contributed by atoms with E-state index < -0.39 is 0 Å². The van der Waals surface area contributed by atoms with Gasteiger partial charge in [-0.2, -0.15) is 0 Å². The average Bonchev–Trinajstić information content (AvgIpc) is 3.19. The lowest BCUT2D eigenvalue weighted by Gasteiger charge is -2.29. The second kappa shape index (κ2) is 7.17. The van der Waals surface area contributed by atoms with E-state index in [1.807, 2.05) is 18.2 Å². The third-order valence-electron chi connectivity index (χ3n) is 4.58. The molecule has 4 rings (SSSR count). The predicted octanol–water partition coefficient (Wildman–Crippen LogP) is 2.84. The number of nitrogens with one attached hydrogen (secondary N) is 1. The molecular weight excluding hydrogens is 332 g/mol. The van der Waals surface area contributed by atoms with Crippen LogP contribution in [0.3, 0.4) is 0 Å². The van der Waals surface area contributed by atoms with E-state index in [-0.39, 0.29) is 24.5 Å². The zero-order chi connectivity index (χ0) is 17.9. The van der Waals surface area contributed by atoms with E-state index in [2.05, 4.69) is 5.32 Å². The SMILES string of the molecule is O=C1CN(C(=O)c2ccc(OCC3CCCO3)cc2)c2ccccc2N1. The van der Waals surface area contributed by atoms with Gasteiger partial charge in [-0.05, 0) is 49.2 Å². The number of carbonyl (C=O) groups excluding carboxylic acids is 2. The monoisotopic (exact) mass is 352 g/mol. The highest BCUT2D eigenvalue weighted by Crippen LogP contribution is 2.30. The molecule has 0 radical (unpaired) electrons. The van der Waals surface area contributed by atoms with Crippen LogP contribution in [0.4, 0.5) is 11.4 Å². The van der Waals surface area contributed by atoms with Gasteiger partial charge in [0.05, 0.1) is 17.5 Å². The van der Waals surface area contributed by atoms with E-state index in [1.54, 1.807) is 30.3 Å². The molecule has 1 fully saturated rings. The highest BCUT2D eigenvalue weighted by molar-refractivity contribution is 6.15. The van der Waals surface area contributed by atoms with Crippen molar-refractivity contribution in [1.29, 1.82) is 0 Å². The fourth-order valence-corrected chi connectivity index (χ4v) is 3.23. The molecule has 0 aromatic heterocycles. The molecule has 6 heteroatoms. The lowest BCUT2D eigenvalue weighted by atomic mass is 10.1. The van der Waals surface area contributed by atoms with Crippen LogP contribution in [0.5, 0.6) is 5.75 Å². The van der Waals surface area contributed by atoms with Gasteiger partial charge in [0.2, 0.25) is 5.91 Å². The molecule has 6 nitrogen and oxygen atoms in total. The lowest BCUT2D eigenvalue weighted by molar-refractivity contribution is -0.115. The van der Waals surface area contributed by atoms with E-state index in [9.17, 15) is 9.59 Å². The van der Waals surface area contributed by atoms with Gasteiger partial charge < -0.3 is 14.8 Å². The van der Waals surface area contributed by atoms with Crippen LogP contribution < -0.4 is 15.0 Å². The van der Waals surface area contributed by atoms with Crippen LogP contribution in [0.25, 0.3) is 0 Å². The molecule has 0 bridgehead atoms. The van der Waals surface area contributed by atoms with Crippen molar-refractivity contribution >= 4 is 23.2 Å². The number of fused-ring (bicyclic) bond motifs is 1. The Morgan fingerprint density at radius 2 is 2.00 bits per heavy atom. The first kappa shape index (κ1) is 16.6. The van der Waals surface area contributed by atoms with Gasteiger partial charge in [0, 0.05) is 12.2 Å². The smallest absolute Gasteiger partial charge is 0.258 e. The first-order chi connectivity index (χ1) is 12.7. The fourth-order valence-electron chi connectivity index (χ4n) is 3.23. The number of rotatable bonds is 4. The zero-order valence-electron chi connectivity index (χ0n) is 14.3. The molecule has 2 amide bonds. The summed E-state index contributed by atoms with van der Waals surface area (Å²) in [5, 5.41) is 2.78. The summed E-state index contributed by atoms with van der Waals surface area (Å²) in [5.74, 6) is 0.292. The Kier molecular flexibility index (Phi) is 4.58. The van der Waals surface area contributed by atoms with E-state index in [0.29, 0.717) is 29.3 Å². The number of carbonyl (C=O) groups is 2. The third kappa shape index (κ3) is 3.41. The largest absolute Gasteiger partial charge is 0.491 e. The standard InChI is InChI=1S/C20H20N2O4/c23-19-12-22(18-6-2-1-5-17(18)21-19)20(24)14-7-9-15(10-8-14)26-13-16-4-3-11-25-16/h1-2,5-10,16H,3-4,11-13H2,(H,21,23).